The molecular formula is C14H27BO2. The number of unbranched alkanes of at least 4 members (excludes halogenated alkanes) is 1. The fourth-order valence-electron chi connectivity index (χ4n) is 1.93. The molecule has 1 saturated heterocycles. The molecule has 1 fully saturated rings. The van der Waals surface area contributed by atoms with Crippen molar-refractivity contribution in [1.82, 2.24) is 0 Å². The molecule has 0 aromatic heterocycles. The molecule has 98 valence electrons. The molecule has 17 heavy (non-hydrogen) atoms. The van der Waals surface area contributed by atoms with Crippen LogP contribution in [0.2, 0.25) is 0 Å². The maximum Gasteiger partial charge on any atom is 0.487 e. The normalized spacial score (nSPS) is 23.2. The average molecular weight is 238 g/mol. The van der Waals surface area contributed by atoms with Crippen molar-refractivity contribution in [3.63, 3.8) is 0 Å². The summed E-state index contributed by atoms with van der Waals surface area (Å²) >= 11 is 0. The van der Waals surface area contributed by atoms with E-state index in [9.17, 15) is 0 Å². The molecule has 1 aliphatic rings. The van der Waals surface area contributed by atoms with Crippen LogP contribution in [0.25, 0.3) is 0 Å². The minimum absolute atomic E-state index is 0.174. The molecule has 0 unspecified atom stereocenters. The van der Waals surface area contributed by atoms with Gasteiger partial charge in [0.05, 0.1) is 11.2 Å². The average Bonchev–Trinajstić information content (AvgIpc) is 2.42. The summed E-state index contributed by atoms with van der Waals surface area (Å²) in [7, 11) is -0.174. The molecule has 1 heterocycles. The van der Waals surface area contributed by atoms with Crippen LogP contribution in [0.4, 0.5) is 0 Å². The molecule has 0 radical (unpaired) electrons. The minimum Gasteiger partial charge on any atom is -0.400 e. The standard InChI is InChI=1S/C14H27BO2/c1-7-9-10-12(8-2)11-15-16-13(3,4)14(5,6)17-15/h11H,7-10H2,1-6H3. The monoisotopic (exact) mass is 238 g/mol. The van der Waals surface area contributed by atoms with Crippen LogP contribution in [0.5, 0.6) is 0 Å². The van der Waals surface area contributed by atoms with Crippen LogP contribution in [0.1, 0.15) is 67.2 Å². The smallest absolute Gasteiger partial charge is 0.400 e. The first-order valence-electron chi connectivity index (χ1n) is 6.87. The van der Waals surface area contributed by atoms with Gasteiger partial charge in [-0.2, -0.15) is 0 Å². The van der Waals surface area contributed by atoms with Crippen LogP contribution < -0.4 is 0 Å². The lowest BCUT2D eigenvalue weighted by Gasteiger charge is -2.32. The van der Waals surface area contributed by atoms with Gasteiger partial charge in [0.1, 0.15) is 0 Å². The van der Waals surface area contributed by atoms with E-state index >= 15 is 0 Å². The van der Waals surface area contributed by atoms with E-state index in [0.29, 0.717) is 0 Å². The molecule has 0 amide bonds. The van der Waals surface area contributed by atoms with Crippen LogP contribution in [0.15, 0.2) is 11.5 Å². The maximum absolute atomic E-state index is 5.98. The Bertz CT molecular complexity index is 266. The molecule has 0 spiro atoms. The molecule has 1 aliphatic heterocycles. The van der Waals surface area contributed by atoms with Gasteiger partial charge in [-0.15, -0.1) is 0 Å². The van der Waals surface area contributed by atoms with Gasteiger partial charge < -0.3 is 9.31 Å². The fourth-order valence-corrected chi connectivity index (χ4v) is 1.93. The molecule has 0 aliphatic carbocycles. The van der Waals surface area contributed by atoms with Gasteiger partial charge >= 0.3 is 7.12 Å². The quantitative estimate of drug-likeness (QED) is 0.670. The zero-order valence-corrected chi connectivity index (χ0v) is 12.3. The van der Waals surface area contributed by atoms with Gasteiger partial charge in [-0.25, -0.2) is 0 Å². The second-order valence-electron chi connectivity index (χ2n) is 5.91. The SMILES string of the molecule is CCCCC(=CB1OC(C)(C)C(C)(C)O1)CC. The topological polar surface area (TPSA) is 18.5 Å². The van der Waals surface area contributed by atoms with Crippen LogP contribution in [-0.4, -0.2) is 18.3 Å². The first-order chi connectivity index (χ1) is 7.82. The molecule has 3 heteroatoms. The minimum atomic E-state index is -0.224. The highest BCUT2D eigenvalue weighted by molar-refractivity contribution is 6.51. The summed E-state index contributed by atoms with van der Waals surface area (Å²) < 4.78 is 12.0. The summed E-state index contributed by atoms with van der Waals surface area (Å²) in [5, 5.41) is 0. The highest BCUT2D eigenvalue weighted by atomic mass is 16.7. The van der Waals surface area contributed by atoms with Crippen LogP contribution in [0.3, 0.4) is 0 Å². The number of hydrogen-bond donors (Lipinski definition) is 0. The van der Waals surface area contributed by atoms with Crippen molar-refractivity contribution in [2.24, 2.45) is 0 Å². The molecule has 2 nitrogen and oxygen atoms in total. The van der Waals surface area contributed by atoms with Crippen molar-refractivity contribution in [3.8, 4) is 0 Å². The van der Waals surface area contributed by atoms with Gasteiger partial charge in [0.2, 0.25) is 0 Å². The third-order valence-electron chi connectivity index (χ3n) is 3.95. The van der Waals surface area contributed by atoms with Crippen molar-refractivity contribution in [2.75, 3.05) is 0 Å². The Morgan fingerprint density at radius 1 is 1.06 bits per heavy atom. The lowest BCUT2D eigenvalue weighted by atomic mass is 9.85. The summed E-state index contributed by atoms with van der Waals surface area (Å²) in [5.41, 5.74) is 1.00. The molecule has 0 aromatic rings. The van der Waals surface area contributed by atoms with E-state index in [4.69, 9.17) is 9.31 Å². The van der Waals surface area contributed by atoms with Crippen molar-refractivity contribution in [2.45, 2.75) is 78.4 Å². The molecule has 0 saturated carbocycles. The van der Waals surface area contributed by atoms with E-state index in [1.54, 1.807) is 0 Å². The van der Waals surface area contributed by atoms with E-state index in [-0.39, 0.29) is 18.3 Å². The number of allylic oxidation sites excluding steroid dienone is 1. The molecule has 0 atom stereocenters. The first kappa shape index (κ1) is 14.8. The molecule has 0 aromatic carbocycles. The van der Waals surface area contributed by atoms with E-state index in [0.717, 1.165) is 12.8 Å². The maximum atomic E-state index is 5.98. The van der Waals surface area contributed by atoms with Gasteiger partial charge in [0, 0.05) is 0 Å². The number of hydrogen-bond acceptors (Lipinski definition) is 2. The van der Waals surface area contributed by atoms with E-state index in [2.05, 4.69) is 47.5 Å². The zero-order valence-electron chi connectivity index (χ0n) is 12.3. The molecule has 1 rings (SSSR count). The molecule has 0 N–H and O–H groups in total. The van der Waals surface area contributed by atoms with Gasteiger partial charge in [0.15, 0.2) is 0 Å². The van der Waals surface area contributed by atoms with Crippen LogP contribution in [0, 0.1) is 0 Å². The number of rotatable bonds is 5. The van der Waals surface area contributed by atoms with Gasteiger partial charge in [-0.1, -0.05) is 31.8 Å². The van der Waals surface area contributed by atoms with Gasteiger partial charge in [0.25, 0.3) is 0 Å². The van der Waals surface area contributed by atoms with Gasteiger partial charge in [-0.05, 0) is 47.0 Å². The Morgan fingerprint density at radius 3 is 2.00 bits per heavy atom. The Morgan fingerprint density at radius 2 is 1.59 bits per heavy atom. The van der Waals surface area contributed by atoms with Crippen molar-refractivity contribution in [3.05, 3.63) is 11.5 Å². The van der Waals surface area contributed by atoms with E-state index in [1.807, 2.05) is 0 Å². The second kappa shape index (κ2) is 5.58. The summed E-state index contributed by atoms with van der Waals surface area (Å²) in [6.45, 7) is 12.8. The van der Waals surface area contributed by atoms with Crippen molar-refractivity contribution < 1.29 is 9.31 Å². The molecule has 0 bridgehead atoms. The van der Waals surface area contributed by atoms with E-state index < -0.39 is 0 Å². The zero-order chi connectivity index (χ0) is 13.1. The summed E-state index contributed by atoms with van der Waals surface area (Å²) in [5.74, 6) is 2.17. The highest BCUT2D eigenvalue weighted by Gasteiger charge is 2.50. The lowest BCUT2D eigenvalue weighted by Crippen LogP contribution is -2.41. The predicted octanol–water partition coefficient (Wildman–Crippen LogP) is 4.14. The van der Waals surface area contributed by atoms with Crippen molar-refractivity contribution >= 4 is 7.12 Å². The Balaban J connectivity index is 2.67. The second-order valence-corrected chi connectivity index (χ2v) is 5.91. The third kappa shape index (κ3) is 3.59. The predicted molar refractivity (Wildman–Crippen MR) is 74.0 cm³/mol. The summed E-state index contributed by atoms with van der Waals surface area (Å²) in [6.07, 6.45) is 4.74. The Kier molecular flexibility index (Phi) is 4.85. The largest absolute Gasteiger partial charge is 0.487 e. The van der Waals surface area contributed by atoms with Crippen molar-refractivity contribution in [1.29, 1.82) is 0 Å². The lowest BCUT2D eigenvalue weighted by molar-refractivity contribution is 0.00578. The van der Waals surface area contributed by atoms with Gasteiger partial charge in [-0.3, -0.25) is 0 Å². The first-order valence-corrected chi connectivity index (χ1v) is 6.87. The Hall–Kier alpha value is -0.275. The summed E-state index contributed by atoms with van der Waals surface area (Å²) in [6, 6.07) is 0. The molecular weight excluding hydrogens is 211 g/mol. The fraction of sp³-hybridized carbons (Fsp3) is 0.857. The Labute approximate surface area is 107 Å². The van der Waals surface area contributed by atoms with Crippen LogP contribution in [-0.2, 0) is 9.31 Å². The van der Waals surface area contributed by atoms with Crippen LogP contribution >= 0.6 is 0 Å². The highest BCUT2D eigenvalue weighted by Crippen LogP contribution is 2.37. The summed E-state index contributed by atoms with van der Waals surface area (Å²) in [4.78, 5) is 0. The third-order valence-corrected chi connectivity index (χ3v) is 3.95. The van der Waals surface area contributed by atoms with E-state index in [1.165, 1.54) is 18.4 Å².